The molecule has 1 aromatic rings. The standard InChI is InChI=1S/C15H23NO/c1-3-4-15(16)12-6-5-11-7-8-14(17-2)10-13(11)9-12/h7-8,10,12,15H,3-6,9,16H2,1-2H3. The largest absolute Gasteiger partial charge is 0.497 e. The number of hydrogen-bond donors (Lipinski definition) is 1. The SMILES string of the molecule is CCCC(N)C1CCc2ccc(OC)cc2C1. The van der Waals surface area contributed by atoms with Gasteiger partial charge in [-0.25, -0.2) is 0 Å². The van der Waals surface area contributed by atoms with Gasteiger partial charge in [0.25, 0.3) is 0 Å². The Morgan fingerprint density at radius 3 is 2.94 bits per heavy atom. The van der Waals surface area contributed by atoms with Crippen LogP contribution in [0.2, 0.25) is 0 Å². The number of rotatable bonds is 4. The van der Waals surface area contributed by atoms with Crippen LogP contribution in [0.3, 0.4) is 0 Å². The van der Waals surface area contributed by atoms with Crippen molar-refractivity contribution >= 4 is 0 Å². The average molecular weight is 233 g/mol. The molecular formula is C15H23NO. The van der Waals surface area contributed by atoms with Gasteiger partial charge in [-0.2, -0.15) is 0 Å². The first-order valence-corrected chi connectivity index (χ1v) is 6.66. The Bertz CT molecular complexity index is 375. The summed E-state index contributed by atoms with van der Waals surface area (Å²) < 4.78 is 5.29. The zero-order valence-electron chi connectivity index (χ0n) is 10.9. The van der Waals surface area contributed by atoms with Crippen LogP contribution in [0.25, 0.3) is 0 Å². The molecule has 1 aromatic carbocycles. The van der Waals surface area contributed by atoms with Crippen LogP contribution in [0.15, 0.2) is 18.2 Å². The van der Waals surface area contributed by atoms with E-state index in [0.29, 0.717) is 12.0 Å². The molecule has 2 heteroatoms. The van der Waals surface area contributed by atoms with E-state index in [1.807, 2.05) is 0 Å². The molecule has 0 saturated heterocycles. The van der Waals surface area contributed by atoms with E-state index < -0.39 is 0 Å². The van der Waals surface area contributed by atoms with Crippen molar-refractivity contribution in [2.75, 3.05) is 7.11 Å². The van der Waals surface area contributed by atoms with Gasteiger partial charge in [0.2, 0.25) is 0 Å². The minimum Gasteiger partial charge on any atom is -0.497 e. The number of ether oxygens (including phenoxy) is 1. The maximum absolute atomic E-state index is 6.26. The van der Waals surface area contributed by atoms with Gasteiger partial charge in [0.15, 0.2) is 0 Å². The lowest BCUT2D eigenvalue weighted by Crippen LogP contribution is -2.33. The second-order valence-corrected chi connectivity index (χ2v) is 5.09. The molecule has 2 nitrogen and oxygen atoms in total. The van der Waals surface area contributed by atoms with E-state index in [0.717, 1.165) is 18.6 Å². The van der Waals surface area contributed by atoms with Gasteiger partial charge in [0.05, 0.1) is 7.11 Å². The van der Waals surface area contributed by atoms with Crippen LogP contribution in [0, 0.1) is 5.92 Å². The predicted octanol–water partition coefficient (Wildman–Crippen LogP) is 2.93. The topological polar surface area (TPSA) is 35.2 Å². The zero-order chi connectivity index (χ0) is 12.3. The summed E-state index contributed by atoms with van der Waals surface area (Å²) in [6.45, 7) is 2.21. The van der Waals surface area contributed by atoms with Gasteiger partial charge in [-0.1, -0.05) is 19.4 Å². The number of benzene rings is 1. The fourth-order valence-corrected chi connectivity index (χ4v) is 2.82. The van der Waals surface area contributed by atoms with Gasteiger partial charge in [-0.15, -0.1) is 0 Å². The van der Waals surface area contributed by atoms with Crippen molar-refractivity contribution < 1.29 is 4.74 Å². The zero-order valence-corrected chi connectivity index (χ0v) is 10.9. The van der Waals surface area contributed by atoms with E-state index in [2.05, 4.69) is 25.1 Å². The number of fused-ring (bicyclic) bond motifs is 1. The Labute approximate surface area is 104 Å². The summed E-state index contributed by atoms with van der Waals surface area (Å²) in [4.78, 5) is 0. The van der Waals surface area contributed by atoms with Crippen molar-refractivity contribution in [1.29, 1.82) is 0 Å². The highest BCUT2D eigenvalue weighted by Gasteiger charge is 2.23. The number of nitrogens with two attached hydrogens (primary N) is 1. The lowest BCUT2D eigenvalue weighted by Gasteiger charge is -2.29. The van der Waals surface area contributed by atoms with Crippen LogP contribution in [0.5, 0.6) is 5.75 Å². The monoisotopic (exact) mass is 233 g/mol. The lowest BCUT2D eigenvalue weighted by atomic mass is 9.79. The van der Waals surface area contributed by atoms with Crippen LogP contribution in [-0.2, 0) is 12.8 Å². The number of hydrogen-bond acceptors (Lipinski definition) is 2. The molecule has 1 aliphatic carbocycles. The minimum absolute atomic E-state index is 0.361. The molecule has 2 rings (SSSR count). The summed E-state index contributed by atoms with van der Waals surface area (Å²) in [7, 11) is 1.73. The van der Waals surface area contributed by atoms with E-state index in [4.69, 9.17) is 10.5 Å². The lowest BCUT2D eigenvalue weighted by molar-refractivity contribution is 0.355. The van der Waals surface area contributed by atoms with Crippen molar-refractivity contribution in [2.45, 2.75) is 45.1 Å². The molecule has 0 aromatic heterocycles. The first-order valence-electron chi connectivity index (χ1n) is 6.66. The molecule has 0 saturated carbocycles. The Kier molecular flexibility index (Phi) is 4.06. The number of methoxy groups -OCH3 is 1. The Morgan fingerprint density at radius 2 is 2.24 bits per heavy atom. The second-order valence-electron chi connectivity index (χ2n) is 5.09. The maximum Gasteiger partial charge on any atom is 0.119 e. The summed E-state index contributed by atoms with van der Waals surface area (Å²) in [5.41, 5.74) is 9.17. The molecule has 0 aliphatic heterocycles. The average Bonchev–Trinajstić information content (AvgIpc) is 2.37. The molecule has 2 atom stereocenters. The van der Waals surface area contributed by atoms with E-state index in [-0.39, 0.29) is 0 Å². The van der Waals surface area contributed by atoms with Crippen molar-refractivity contribution in [3.8, 4) is 5.75 Å². The van der Waals surface area contributed by atoms with E-state index in [1.165, 1.54) is 30.4 Å². The van der Waals surface area contributed by atoms with Crippen molar-refractivity contribution in [3.63, 3.8) is 0 Å². The Morgan fingerprint density at radius 1 is 1.41 bits per heavy atom. The molecule has 0 amide bonds. The number of aryl methyl sites for hydroxylation is 1. The molecule has 0 heterocycles. The molecule has 17 heavy (non-hydrogen) atoms. The van der Waals surface area contributed by atoms with Crippen molar-refractivity contribution in [1.82, 2.24) is 0 Å². The third kappa shape index (κ3) is 2.81. The summed E-state index contributed by atoms with van der Waals surface area (Å²) >= 11 is 0. The van der Waals surface area contributed by atoms with Gasteiger partial charge in [-0.05, 0) is 54.9 Å². The highest BCUT2D eigenvalue weighted by atomic mass is 16.5. The summed E-state index contributed by atoms with van der Waals surface area (Å²) in [5, 5.41) is 0. The molecule has 0 fully saturated rings. The van der Waals surface area contributed by atoms with Crippen molar-refractivity contribution in [3.05, 3.63) is 29.3 Å². The van der Waals surface area contributed by atoms with Gasteiger partial charge in [-0.3, -0.25) is 0 Å². The minimum atomic E-state index is 0.361. The predicted molar refractivity (Wildman–Crippen MR) is 71.4 cm³/mol. The normalized spacial score (nSPS) is 20.8. The van der Waals surface area contributed by atoms with Crippen LogP contribution < -0.4 is 10.5 Å². The van der Waals surface area contributed by atoms with Crippen LogP contribution in [-0.4, -0.2) is 13.2 Å². The molecule has 1 aliphatic rings. The van der Waals surface area contributed by atoms with Crippen LogP contribution >= 0.6 is 0 Å². The Balaban J connectivity index is 2.11. The Hall–Kier alpha value is -1.02. The fraction of sp³-hybridized carbons (Fsp3) is 0.600. The summed E-state index contributed by atoms with van der Waals surface area (Å²) in [6.07, 6.45) is 5.85. The van der Waals surface area contributed by atoms with Gasteiger partial charge in [0, 0.05) is 6.04 Å². The van der Waals surface area contributed by atoms with E-state index in [9.17, 15) is 0 Å². The van der Waals surface area contributed by atoms with Gasteiger partial charge in [0.1, 0.15) is 5.75 Å². The molecule has 0 radical (unpaired) electrons. The molecular weight excluding hydrogens is 210 g/mol. The third-order valence-electron chi connectivity index (χ3n) is 3.91. The second kappa shape index (κ2) is 5.54. The first-order chi connectivity index (χ1) is 8.24. The van der Waals surface area contributed by atoms with Crippen LogP contribution in [0.4, 0.5) is 0 Å². The summed E-state index contributed by atoms with van der Waals surface area (Å²) in [6, 6.07) is 6.81. The highest BCUT2D eigenvalue weighted by Crippen LogP contribution is 2.30. The fourth-order valence-electron chi connectivity index (χ4n) is 2.82. The van der Waals surface area contributed by atoms with E-state index in [1.54, 1.807) is 7.11 Å². The molecule has 0 bridgehead atoms. The maximum atomic E-state index is 6.26. The summed E-state index contributed by atoms with van der Waals surface area (Å²) in [5.74, 6) is 1.61. The quantitative estimate of drug-likeness (QED) is 0.868. The molecule has 0 spiro atoms. The molecule has 2 N–H and O–H groups in total. The van der Waals surface area contributed by atoms with Crippen molar-refractivity contribution in [2.24, 2.45) is 11.7 Å². The molecule has 2 unspecified atom stereocenters. The first kappa shape index (κ1) is 12.4. The molecule has 94 valence electrons. The smallest absolute Gasteiger partial charge is 0.119 e. The third-order valence-corrected chi connectivity index (χ3v) is 3.91. The van der Waals surface area contributed by atoms with Crippen LogP contribution in [0.1, 0.15) is 37.3 Å². The highest BCUT2D eigenvalue weighted by molar-refractivity contribution is 5.37. The van der Waals surface area contributed by atoms with Gasteiger partial charge < -0.3 is 10.5 Å². The van der Waals surface area contributed by atoms with E-state index >= 15 is 0 Å². The van der Waals surface area contributed by atoms with Gasteiger partial charge >= 0.3 is 0 Å².